The number of para-hydroxylation sites is 1. The first-order valence-electron chi connectivity index (χ1n) is 11.8. The summed E-state index contributed by atoms with van der Waals surface area (Å²) in [7, 11) is -2.31. The summed E-state index contributed by atoms with van der Waals surface area (Å²) < 4.78 is 27.2. The molecular formula is C26H27ClN6O2S. The van der Waals surface area contributed by atoms with Crippen LogP contribution in [0.2, 0.25) is 5.02 Å². The molecule has 186 valence electrons. The van der Waals surface area contributed by atoms with Crippen LogP contribution in [0, 0.1) is 12.3 Å². The third-order valence-electron chi connectivity index (χ3n) is 6.80. The Morgan fingerprint density at radius 2 is 1.86 bits per heavy atom. The Bertz CT molecular complexity index is 1440. The van der Waals surface area contributed by atoms with Crippen LogP contribution >= 0.6 is 11.6 Å². The van der Waals surface area contributed by atoms with E-state index in [2.05, 4.69) is 48.3 Å². The number of anilines is 4. The average molecular weight is 523 g/mol. The van der Waals surface area contributed by atoms with Gasteiger partial charge in [-0.3, -0.25) is 4.90 Å². The molecule has 2 bridgehead atoms. The van der Waals surface area contributed by atoms with Crippen LogP contribution in [0.4, 0.5) is 23.1 Å². The van der Waals surface area contributed by atoms with Gasteiger partial charge in [0.2, 0.25) is 16.0 Å². The second-order valence-corrected chi connectivity index (χ2v) is 11.3. The molecule has 2 atom stereocenters. The minimum Gasteiger partial charge on any atom is -0.338 e. The maximum absolute atomic E-state index is 12.4. The Labute approximate surface area is 216 Å². The lowest BCUT2D eigenvalue weighted by atomic mass is 9.78. The highest BCUT2D eigenvalue weighted by Gasteiger charge is 2.33. The normalized spacial score (nSPS) is 19.2. The monoisotopic (exact) mass is 522 g/mol. The number of halogens is 1. The first kappa shape index (κ1) is 24.5. The second kappa shape index (κ2) is 10.1. The molecule has 2 aromatic carbocycles. The Hall–Kier alpha value is -3.16. The SMILES string of the molecule is C#CCN1CC2CCC(C1)c1cc(Nc3ncc(Cl)c(Nc4ccccc4S(=O)(=O)NC)n3)ccc12. The number of rotatable bonds is 7. The molecule has 0 saturated carbocycles. The highest BCUT2D eigenvalue weighted by molar-refractivity contribution is 7.89. The number of benzene rings is 2. The molecule has 1 saturated heterocycles. The molecule has 3 N–H and O–H groups in total. The summed E-state index contributed by atoms with van der Waals surface area (Å²) in [6.45, 7) is 2.65. The third kappa shape index (κ3) is 4.90. The van der Waals surface area contributed by atoms with Gasteiger partial charge in [-0.1, -0.05) is 35.7 Å². The first-order chi connectivity index (χ1) is 17.4. The van der Waals surface area contributed by atoms with Gasteiger partial charge < -0.3 is 10.6 Å². The van der Waals surface area contributed by atoms with Crippen LogP contribution in [0.5, 0.6) is 0 Å². The van der Waals surface area contributed by atoms with E-state index >= 15 is 0 Å². The van der Waals surface area contributed by atoms with Crippen molar-refractivity contribution < 1.29 is 8.42 Å². The van der Waals surface area contributed by atoms with E-state index < -0.39 is 10.0 Å². The van der Waals surface area contributed by atoms with Gasteiger partial charge in [0.1, 0.15) is 9.92 Å². The Kier molecular flexibility index (Phi) is 6.86. The molecule has 10 heteroatoms. The number of hydrogen-bond donors (Lipinski definition) is 3. The number of nitrogens with one attached hydrogen (secondary N) is 3. The molecule has 1 aliphatic carbocycles. The van der Waals surface area contributed by atoms with E-state index in [1.165, 1.54) is 36.9 Å². The molecule has 3 aromatic rings. The van der Waals surface area contributed by atoms with Gasteiger partial charge in [0.05, 0.1) is 18.4 Å². The largest absolute Gasteiger partial charge is 0.338 e. The lowest BCUT2D eigenvalue weighted by molar-refractivity contribution is 0.304. The number of aromatic nitrogens is 2. The van der Waals surface area contributed by atoms with Gasteiger partial charge in [0, 0.05) is 18.8 Å². The van der Waals surface area contributed by atoms with Crippen LogP contribution in [0.15, 0.2) is 53.6 Å². The predicted octanol–water partition coefficient (Wildman–Crippen LogP) is 4.44. The Morgan fingerprint density at radius 1 is 1.11 bits per heavy atom. The van der Waals surface area contributed by atoms with E-state index in [4.69, 9.17) is 18.0 Å². The maximum Gasteiger partial charge on any atom is 0.242 e. The number of hydrogen-bond acceptors (Lipinski definition) is 7. The standard InChI is InChI=1S/C26H27ClN6O2S/c1-3-12-33-15-17-8-9-18(16-33)21-13-19(10-11-20(17)21)30-26-29-14-22(27)25(32-26)31-23-6-4-5-7-24(23)36(34,35)28-2/h1,4-7,10-11,13-14,17-18,28H,8-9,12,15-16H2,2H3,(H2,29,30,31,32). The molecule has 1 aromatic heterocycles. The molecule has 3 heterocycles. The van der Waals surface area contributed by atoms with Crippen molar-refractivity contribution in [2.24, 2.45) is 0 Å². The van der Waals surface area contributed by atoms with Crippen molar-refractivity contribution in [1.29, 1.82) is 0 Å². The van der Waals surface area contributed by atoms with Crippen LogP contribution in [0.1, 0.15) is 35.8 Å². The molecule has 2 aliphatic heterocycles. The number of sulfonamides is 1. The molecule has 8 nitrogen and oxygen atoms in total. The maximum atomic E-state index is 12.4. The highest BCUT2D eigenvalue weighted by Crippen LogP contribution is 2.44. The fourth-order valence-electron chi connectivity index (χ4n) is 5.11. The molecule has 1 fully saturated rings. The molecule has 6 rings (SSSR count). The van der Waals surface area contributed by atoms with Gasteiger partial charge in [-0.25, -0.2) is 18.1 Å². The smallest absolute Gasteiger partial charge is 0.242 e. The van der Waals surface area contributed by atoms with Crippen molar-refractivity contribution in [1.82, 2.24) is 19.6 Å². The van der Waals surface area contributed by atoms with Gasteiger partial charge in [0.15, 0.2) is 5.82 Å². The molecule has 0 radical (unpaired) electrons. The molecule has 0 spiro atoms. The van der Waals surface area contributed by atoms with Gasteiger partial charge in [-0.15, -0.1) is 6.42 Å². The van der Waals surface area contributed by atoms with Crippen LogP contribution in [-0.4, -0.2) is 50.0 Å². The van der Waals surface area contributed by atoms with Gasteiger partial charge in [-0.2, -0.15) is 4.98 Å². The van der Waals surface area contributed by atoms with Crippen LogP contribution in [0.25, 0.3) is 0 Å². The summed E-state index contributed by atoms with van der Waals surface area (Å²) >= 11 is 6.35. The van der Waals surface area contributed by atoms with E-state index in [1.807, 2.05) is 6.07 Å². The summed E-state index contributed by atoms with van der Waals surface area (Å²) in [6, 6.07) is 13.0. The summed E-state index contributed by atoms with van der Waals surface area (Å²) in [5.74, 6) is 4.38. The topological polar surface area (TPSA) is 99.2 Å². The molecule has 36 heavy (non-hydrogen) atoms. The predicted molar refractivity (Wildman–Crippen MR) is 143 cm³/mol. The van der Waals surface area contributed by atoms with Crippen molar-refractivity contribution in [3.63, 3.8) is 0 Å². The third-order valence-corrected chi connectivity index (χ3v) is 8.55. The van der Waals surface area contributed by atoms with Crippen molar-refractivity contribution in [2.45, 2.75) is 29.6 Å². The van der Waals surface area contributed by atoms with Crippen molar-refractivity contribution in [3.05, 3.63) is 64.8 Å². The van der Waals surface area contributed by atoms with E-state index in [0.717, 1.165) is 25.2 Å². The summed E-state index contributed by atoms with van der Waals surface area (Å²) in [5, 5.41) is 6.59. The van der Waals surface area contributed by atoms with Gasteiger partial charge in [-0.05, 0) is 67.1 Å². The van der Waals surface area contributed by atoms with Crippen molar-refractivity contribution in [2.75, 3.05) is 37.3 Å². The number of nitrogens with zero attached hydrogens (tertiary/aromatic N) is 3. The van der Waals surface area contributed by atoms with Crippen LogP contribution < -0.4 is 15.4 Å². The first-order valence-corrected chi connectivity index (χ1v) is 13.6. The van der Waals surface area contributed by atoms with Gasteiger partial charge in [0.25, 0.3) is 0 Å². The lowest BCUT2D eigenvalue weighted by Crippen LogP contribution is -2.27. The Morgan fingerprint density at radius 3 is 2.61 bits per heavy atom. The lowest BCUT2D eigenvalue weighted by Gasteiger charge is -2.27. The average Bonchev–Trinajstić information content (AvgIpc) is 3.17. The zero-order chi connectivity index (χ0) is 25.3. The molecule has 0 amide bonds. The van der Waals surface area contributed by atoms with E-state index in [0.29, 0.717) is 35.8 Å². The fraction of sp³-hybridized carbons (Fsp3) is 0.308. The summed E-state index contributed by atoms with van der Waals surface area (Å²) in [5.41, 5.74) is 4.00. The molecular weight excluding hydrogens is 496 g/mol. The number of fused-ring (bicyclic) bond motifs is 3. The second-order valence-electron chi connectivity index (χ2n) is 9.06. The highest BCUT2D eigenvalue weighted by atomic mass is 35.5. The van der Waals surface area contributed by atoms with Crippen LogP contribution in [0.3, 0.4) is 0 Å². The molecule has 2 unspecified atom stereocenters. The summed E-state index contributed by atoms with van der Waals surface area (Å²) in [6.07, 6.45) is 9.41. The van der Waals surface area contributed by atoms with E-state index in [1.54, 1.807) is 18.2 Å². The van der Waals surface area contributed by atoms with Gasteiger partial charge >= 0.3 is 0 Å². The minimum absolute atomic E-state index is 0.0939. The Balaban J connectivity index is 1.40. The number of terminal acetylenes is 1. The quantitative estimate of drug-likeness (QED) is 0.395. The van der Waals surface area contributed by atoms with Crippen molar-refractivity contribution >= 4 is 44.8 Å². The zero-order valence-corrected chi connectivity index (χ0v) is 21.4. The van der Waals surface area contributed by atoms with Crippen molar-refractivity contribution in [3.8, 4) is 12.3 Å². The zero-order valence-electron chi connectivity index (χ0n) is 19.8. The minimum atomic E-state index is -3.67. The van der Waals surface area contributed by atoms with E-state index in [-0.39, 0.29) is 9.92 Å². The van der Waals surface area contributed by atoms with Crippen LogP contribution in [-0.2, 0) is 10.0 Å². The molecule has 3 aliphatic rings. The summed E-state index contributed by atoms with van der Waals surface area (Å²) in [4.78, 5) is 11.3. The fourth-order valence-corrected chi connectivity index (χ4v) is 6.14. The van der Waals surface area contributed by atoms with E-state index in [9.17, 15) is 8.42 Å².